The van der Waals surface area contributed by atoms with Crippen molar-refractivity contribution in [3.8, 4) is 0 Å². The molecule has 0 amide bonds. The third kappa shape index (κ3) is 2.77. The molecule has 0 saturated carbocycles. The van der Waals surface area contributed by atoms with Crippen LogP contribution < -0.4 is 5.56 Å². The lowest BCUT2D eigenvalue weighted by molar-refractivity contribution is -0.0282. The van der Waals surface area contributed by atoms with E-state index in [9.17, 15) is 9.59 Å². The molecule has 2 heterocycles. The van der Waals surface area contributed by atoms with Gasteiger partial charge in [0.25, 0.3) is 5.56 Å². The first-order valence-electron chi connectivity index (χ1n) is 5.81. The van der Waals surface area contributed by atoms with Gasteiger partial charge >= 0.3 is 5.97 Å². The number of pyridine rings is 1. The predicted octanol–water partition coefficient (Wildman–Crippen LogP) is -0.123. The van der Waals surface area contributed by atoms with E-state index in [1.165, 1.54) is 22.8 Å². The second kappa shape index (κ2) is 5.32. The number of rotatable bonds is 3. The summed E-state index contributed by atoms with van der Waals surface area (Å²) in [5.74, 6) is -1.10. The molecule has 1 N–H and O–H groups in total. The molecule has 1 fully saturated rings. The van der Waals surface area contributed by atoms with Crippen molar-refractivity contribution in [2.75, 3.05) is 26.7 Å². The largest absolute Gasteiger partial charge is 0.477 e. The number of morpholine rings is 1. The van der Waals surface area contributed by atoms with Gasteiger partial charge in [-0.2, -0.15) is 0 Å². The van der Waals surface area contributed by atoms with E-state index in [0.717, 1.165) is 6.54 Å². The topological polar surface area (TPSA) is 71.8 Å². The van der Waals surface area contributed by atoms with Gasteiger partial charge in [-0.15, -0.1) is 0 Å². The quantitative estimate of drug-likeness (QED) is 0.812. The van der Waals surface area contributed by atoms with E-state index >= 15 is 0 Å². The maximum atomic E-state index is 11.7. The molecule has 1 aromatic heterocycles. The smallest absolute Gasteiger partial charge is 0.352 e. The molecular formula is C12H16N2O4. The van der Waals surface area contributed by atoms with Crippen LogP contribution >= 0.6 is 0 Å². The van der Waals surface area contributed by atoms with E-state index in [4.69, 9.17) is 9.84 Å². The molecular weight excluding hydrogens is 236 g/mol. The van der Waals surface area contributed by atoms with E-state index in [1.807, 2.05) is 7.05 Å². The fraction of sp³-hybridized carbons (Fsp3) is 0.500. The Kier molecular flexibility index (Phi) is 3.78. The van der Waals surface area contributed by atoms with E-state index in [1.54, 1.807) is 0 Å². The molecule has 98 valence electrons. The summed E-state index contributed by atoms with van der Waals surface area (Å²) in [5, 5.41) is 9.06. The molecule has 0 aliphatic carbocycles. The minimum Gasteiger partial charge on any atom is -0.477 e. The lowest BCUT2D eigenvalue weighted by atomic mass is 10.2. The molecule has 1 atom stereocenters. The Labute approximate surface area is 104 Å². The number of hydrogen-bond acceptors (Lipinski definition) is 4. The van der Waals surface area contributed by atoms with Gasteiger partial charge in [0, 0.05) is 19.2 Å². The highest BCUT2D eigenvalue weighted by Gasteiger charge is 2.20. The first-order valence-corrected chi connectivity index (χ1v) is 5.81. The Bertz CT molecular complexity index is 497. The van der Waals surface area contributed by atoms with Crippen molar-refractivity contribution in [1.29, 1.82) is 0 Å². The summed E-state index contributed by atoms with van der Waals surface area (Å²) in [6.45, 7) is 2.42. The van der Waals surface area contributed by atoms with Crippen LogP contribution in [-0.4, -0.2) is 53.4 Å². The molecule has 6 nitrogen and oxygen atoms in total. The van der Waals surface area contributed by atoms with Crippen molar-refractivity contribution in [1.82, 2.24) is 9.47 Å². The van der Waals surface area contributed by atoms with Gasteiger partial charge in [0.05, 0.1) is 19.3 Å². The molecule has 2 rings (SSSR count). The van der Waals surface area contributed by atoms with Crippen LogP contribution in [0.3, 0.4) is 0 Å². The van der Waals surface area contributed by atoms with Gasteiger partial charge in [-0.3, -0.25) is 9.36 Å². The number of ether oxygens (including phenoxy) is 1. The van der Waals surface area contributed by atoms with E-state index in [2.05, 4.69) is 4.90 Å². The summed E-state index contributed by atoms with van der Waals surface area (Å²) in [6, 6.07) is 4.24. The summed E-state index contributed by atoms with van der Waals surface area (Å²) < 4.78 is 6.80. The van der Waals surface area contributed by atoms with Crippen molar-refractivity contribution in [2.45, 2.75) is 12.6 Å². The predicted molar refractivity (Wildman–Crippen MR) is 64.9 cm³/mol. The number of aromatic nitrogens is 1. The summed E-state index contributed by atoms with van der Waals surface area (Å²) in [7, 11) is 1.97. The molecule has 0 bridgehead atoms. The Morgan fingerprint density at radius 3 is 3.00 bits per heavy atom. The van der Waals surface area contributed by atoms with Crippen LogP contribution in [0.4, 0.5) is 0 Å². The van der Waals surface area contributed by atoms with Crippen molar-refractivity contribution in [3.63, 3.8) is 0 Å². The number of carboxylic acid groups (broad SMARTS) is 1. The molecule has 0 radical (unpaired) electrons. The van der Waals surface area contributed by atoms with Gasteiger partial charge in [-0.05, 0) is 13.1 Å². The van der Waals surface area contributed by atoms with Crippen molar-refractivity contribution < 1.29 is 14.6 Å². The number of likely N-dealkylation sites (N-methyl/N-ethyl adjacent to an activating group) is 1. The van der Waals surface area contributed by atoms with Crippen LogP contribution in [0.1, 0.15) is 10.5 Å². The van der Waals surface area contributed by atoms with Crippen LogP contribution in [0.25, 0.3) is 0 Å². The molecule has 1 unspecified atom stereocenters. The van der Waals surface area contributed by atoms with Gasteiger partial charge in [0.2, 0.25) is 0 Å². The molecule has 0 aromatic carbocycles. The average Bonchev–Trinajstić information content (AvgIpc) is 2.31. The highest BCUT2D eigenvalue weighted by Crippen LogP contribution is 2.07. The molecule has 1 saturated heterocycles. The lowest BCUT2D eigenvalue weighted by Gasteiger charge is -2.30. The van der Waals surface area contributed by atoms with E-state index in [0.29, 0.717) is 13.2 Å². The zero-order chi connectivity index (χ0) is 13.1. The first kappa shape index (κ1) is 12.8. The third-order valence-electron chi connectivity index (χ3n) is 3.00. The highest BCUT2D eigenvalue weighted by molar-refractivity contribution is 5.85. The van der Waals surface area contributed by atoms with Gasteiger partial charge < -0.3 is 14.7 Å². The summed E-state index contributed by atoms with van der Waals surface area (Å²) >= 11 is 0. The summed E-state index contributed by atoms with van der Waals surface area (Å²) in [6.07, 6.45) is -0.151. The molecule has 18 heavy (non-hydrogen) atoms. The minimum atomic E-state index is -1.10. The Hall–Kier alpha value is -1.66. The van der Waals surface area contributed by atoms with Gasteiger partial charge in [0.15, 0.2) is 0 Å². The number of carbonyl (C=O) groups is 1. The molecule has 1 aliphatic rings. The SMILES string of the molecule is CN1CCOC(Cn2c(C(=O)O)cccc2=O)C1. The monoisotopic (exact) mass is 252 g/mol. The van der Waals surface area contributed by atoms with Crippen LogP contribution in [-0.2, 0) is 11.3 Å². The molecule has 1 aliphatic heterocycles. The average molecular weight is 252 g/mol. The normalized spacial score (nSPS) is 20.8. The molecule has 1 aromatic rings. The Balaban J connectivity index is 2.22. The summed E-state index contributed by atoms with van der Waals surface area (Å²) in [5.41, 5.74) is -0.314. The van der Waals surface area contributed by atoms with Gasteiger partial charge in [-0.25, -0.2) is 4.79 Å². The molecule has 0 spiro atoms. The van der Waals surface area contributed by atoms with Crippen LogP contribution in [0, 0.1) is 0 Å². The fourth-order valence-electron chi connectivity index (χ4n) is 2.08. The standard InChI is InChI=1S/C12H16N2O4/c1-13-5-6-18-9(7-13)8-14-10(12(16)17)3-2-4-11(14)15/h2-4,9H,5-8H2,1H3,(H,16,17). The fourth-order valence-corrected chi connectivity index (χ4v) is 2.08. The van der Waals surface area contributed by atoms with Gasteiger partial charge in [0.1, 0.15) is 5.69 Å². The number of carboxylic acids is 1. The number of nitrogens with zero attached hydrogens (tertiary/aromatic N) is 2. The Morgan fingerprint density at radius 1 is 1.56 bits per heavy atom. The Morgan fingerprint density at radius 2 is 2.33 bits per heavy atom. The van der Waals surface area contributed by atoms with Gasteiger partial charge in [-0.1, -0.05) is 6.07 Å². The van der Waals surface area contributed by atoms with E-state index in [-0.39, 0.29) is 23.9 Å². The zero-order valence-corrected chi connectivity index (χ0v) is 10.2. The highest BCUT2D eigenvalue weighted by atomic mass is 16.5. The van der Waals surface area contributed by atoms with Crippen molar-refractivity contribution in [3.05, 3.63) is 34.2 Å². The number of hydrogen-bond donors (Lipinski definition) is 1. The minimum absolute atomic E-state index is 0.000624. The van der Waals surface area contributed by atoms with E-state index < -0.39 is 5.97 Å². The second-order valence-electron chi connectivity index (χ2n) is 4.42. The third-order valence-corrected chi connectivity index (χ3v) is 3.00. The van der Waals surface area contributed by atoms with Crippen LogP contribution in [0.5, 0.6) is 0 Å². The number of aromatic carboxylic acids is 1. The summed E-state index contributed by atoms with van der Waals surface area (Å²) in [4.78, 5) is 24.9. The van der Waals surface area contributed by atoms with Crippen molar-refractivity contribution >= 4 is 5.97 Å². The van der Waals surface area contributed by atoms with Crippen LogP contribution in [0.15, 0.2) is 23.0 Å². The second-order valence-corrected chi connectivity index (χ2v) is 4.42. The maximum absolute atomic E-state index is 11.7. The lowest BCUT2D eigenvalue weighted by Crippen LogP contribution is -2.44. The molecule has 6 heteroatoms. The van der Waals surface area contributed by atoms with Crippen molar-refractivity contribution in [2.24, 2.45) is 0 Å². The maximum Gasteiger partial charge on any atom is 0.352 e. The van der Waals surface area contributed by atoms with Crippen LogP contribution in [0.2, 0.25) is 0 Å². The first-order chi connectivity index (χ1) is 8.58. The zero-order valence-electron chi connectivity index (χ0n) is 10.2.